The van der Waals surface area contributed by atoms with Crippen LogP contribution in [-0.2, 0) is 6.54 Å². The average Bonchev–Trinajstić information content (AvgIpc) is 2.71. The molecule has 0 saturated heterocycles. The van der Waals surface area contributed by atoms with Gasteiger partial charge in [-0.05, 0) is 47.2 Å². The smallest absolute Gasteiger partial charge is 0.0798 e. The molecule has 100 valence electrons. The molecule has 0 aromatic carbocycles. The van der Waals surface area contributed by atoms with Crippen LogP contribution in [0.1, 0.15) is 43.7 Å². The molecule has 0 aliphatic carbocycles. The van der Waals surface area contributed by atoms with E-state index in [1.807, 2.05) is 19.4 Å². The molecule has 0 fully saturated rings. The fourth-order valence-electron chi connectivity index (χ4n) is 1.81. The monoisotopic (exact) mass is 265 g/mol. The maximum absolute atomic E-state index is 8.94. The summed E-state index contributed by atoms with van der Waals surface area (Å²) in [5.41, 5.74) is 2.89. The largest absolute Gasteiger partial charge is 0.301 e. The van der Waals surface area contributed by atoms with Crippen molar-refractivity contribution in [3.63, 3.8) is 0 Å². The van der Waals surface area contributed by atoms with Gasteiger partial charge < -0.3 is 4.90 Å². The summed E-state index contributed by atoms with van der Waals surface area (Å²) in [4.78, 5) is 7.95. The third-order valence-electron chi connectivity index (χ3n) is 3.15. The van der Waals surface area contributed by atoms with E-state index < -0.39 is 0 Å². The van der Waals surface area contributed by atoms with E-state index in [-0.39, 0.29) is 5.41 Å². The molecule has 1 aromatic heterocycles. The van der Waals surface area contributed by atoms with E-state index in [1.165, 1.54) is 4.88 Å². The minimum atomic E-state index is -0.174. The first-order valence-electron chi connectivity index (χ1n) is 6.43. The Kier molecular flexibility index (Phi) is 5.77. The molecule has 1 heterocycles. The van der Waals surface area contributed by atoms with E-state index in [2.05, 4.69) is 29.9 Å². The lowest BCUT2D eigenvalue weighted by Crippen LogP contribution is -2.19. The van der Waals surface area contributed by atoms with Crippen molar-refractivity contribution in [2.75, 3.05) is 13.6 Å². The number of hydrogen-bond acceptors (Lipinski definition) is 4. The van der Waals surface area contributed by atoms with E-state index in [1.54, 1.807) is 11.3 Å². The van der Waals surface area contributed by atoms with Crippen molar-refractivity contribution in [3.8, 4) is 6.07 Å². The van der Waals surface area contributed by atoms with Crippen LogP contribution in [0.5, 0.6) is 0 Å². The van der Waals surface area contributed by atoms with E-state index >= 15 is 0 Å². The zero-order chi connectivity index (χ0) is 13.6. The summed E-state index contributed by atoms with van der Waals surface area (Å²) in [5.74, 6) is 0. The van der Waals surface area contributed by atoms with E-state index in [9.17, 15) is 0 Å². The molecule has 0 saturated carbocycles. The predicted molar refractivity (Wildman–Crippen MR) is 76.4 cm³/mol. The van der Waals surface area contributed by atoms with Crippen LogP contribution in [0, 0.1) is 23.7 Å². The fourth-order valence-corrected chi connectivity index (χ4v) is 2.66. The lowest BCUT2D eigenvalue weighted by Gasteiger charge is -2.18. The van der Waals surface area contributed by atoms with Crippen molar-refractivity contribution in [1.82, 2.24) is 9.88 Å². The molecule has 0 aliphatic rings. The molecule has 0 radical (unpaired) electrons. The lowest BCUT2D eigenvalue weighted by molar-refractivity contribution is 0.309. The number of rotatable bonds is 7. The van der Waals surface area contributed by atoms with Gasteiger partial charge in [-0.2, -0.15) is 5.26 Å². The summed E-state index contributed by atoms with van der Waals surface area (Å²) in [7, 11) is 2.15. The van der Waals surface area contributed by atoms with Crippen molar-refractivity contribution in [2.24, 2.45) is 5.41 Å². The molecule has 3 nitrogen and oxygen atoms in total. The van der Waals surface area contributed by atoms with Gasteiger partial charge in [0.1, 0.15) is 0 Å². The van der Waals surface area contributed by atoms with E-state index in [0.717, 1.165) is 38.0 Å². The molecule has 0 N–H and O–H groups in total. The number of thiazole rings is 1. The quantitative estimate of drug-likeness (QED) is 0.707. The van der Waals surface area contributed by atoms with Crippen LogP contribution >= 0.6 is 11.3 Å². The van der Waals surface area contributed by atoms with Crippen LogP contribution in [0.25, 0.3) is 0 Å². The van der Waals surface area contributed by atoms with Crippen LogP contribution in [-0.4, -0.2) is 23.5 Å². The highest BCUT2D eigenvalue weighted by Crippen LogP contribution is 2.22. The maximum Gasteiger partial charge on any atom is 0.0798 e. The lowest BCUT2D eigenvalue weighted by atomic mass is 9.89. The number of hydrogen-bond donors (Lipinski definition) is 0. The van der Waals surface area contributed by atoms with Crippen LogP contribution in [0.2, 0.25) is 0 Å². The zero-order valence-electron chi connectivity index (χ0n) is 11.9. The van der Waals surface area contributed by atoms with Crippen molar-refractivity contribution < 1.29 is 0 Å². The average molecular weight is 265 g/mol. The summed E-state index contributed by atoms with van der Waals surface area (Å²) in [6, 6.07) is 2.35. The van der Waals surface area contributed by atoms with Crippen molar-refractivity contribution in [2.45, 2.75) is 46.6 Å². The van der Waals surface area contributed by atoms with Crippen LogP contribution in [0.15, 0.2) is 5.51 Å². The Balaban J connectivity index is 2.21. The van der Waals surface area contributed by atoms with Gasteiger partial charge in [0.15, 0.2) is 0 Å². The molecule has 0 bridgehead atoms. The van der Waals surface area contributed by atoms with Gasteiger partial charge in [-0.3, -0.25) is 0 Å². The molecule has 0 unspecified atom stereocenters. The number of nitrogens with zero attached hydrogens (tertiary/aromatic N) is 3. The third kappa shape index (κ3) is 5.16. The molecule has 1 rings (SSSR count). The normalized spacial score (nSPS) is 11.8. The third-order valence-corrected chi connectivity index (χ3v) is 4.07. The summed E-state index contributed by atoms with van der Waals surface area (Å²) >= 11 is 1.73. The van der Waals surface area contributed by atoms with Gasteiger partial charge in [0, 0.05) is 11.4 Å². The highest BCUT2D eigenvalue weighted by atomic mass is 32.1. The van der Waals surface area contributed by atoms with Gasteiger partial charge in [-0.25, -0.2) is 4.98 Å². The second-order valence-corrected chi connectivity index (χ2v) is 6.49. The first-order chi connectivity index (χ1) is 8.44. The van der Waals surface area contributed by atoms with E-state index in [4.69, 9.17) is 5.26 Å². The van der Waals surface area contributed by atoms with E-state index in [0.29, 0.717) is 0 Å². The Hall–Kier alpha value is -0.920. The molecule has 0 aliphatic heterocycles. The minimum Gasteiger partial charge on any atom is -0.301 e. The summed E-state index contributed by atoms with van der Waals surface area (Å²) < 4.78 is 0. The first kappa shape index (κ1) is 15.1. The SMILES string of the molecule is Cc1ncsc1CN(C)CCCCC(C)(C)C#N. The summed E-state index contributed by atoms with van der Waals surface area (Å²) in [6.45, 7) is 8.15. The van der Waals surface area contributed by atoms with Gasteiger partial charge in [-0.15, -0.1) is 11.3 Å². The number of nitriles is 1. The summed E-state index contributed by atoms with van der Waals surface area (Å²) in [5, 5.41) is 8.94. The second kappa shape index (κ2) is 6.86. The Morgan fingerprint density at radius 2 is 2.17 bits per heavy atom. The fraction of sp³-hybridized carbons (Fsp3) is 0.714. The summed E-state index contributed by atoms with van der Waals surface area (Å²) in [6.07, 6.45) is 3.25. The molecule has 0 amide bonds. The van der Waals surface area contributed by atoms with Crippen molar-refractivity contribution >= 4 is 11.3 Å². The Labute approximate surface area is 114 Å². The number of aryl methyl sites for hydroxylation is 1. The Bertz CT molecular complexity index is 403. The molecule has 0 spiro atoms. The Morgan fingerprint density at radius 3 is 2.72 bits per heavy atom. The number of unbranched alkanes of at least 4 members (excludes halogenated alkanes) is 1. The van der Waals surface area contributed by atoms with Gasteiger partial charge >= 0.3 is 0 Å². The van der Waals surface area contributed by atoms with Crippen LogP contribution in [0.3, 0.4) is 0 Å². The van der Waals surface area contributed by atoms with Crippen LogP contribution < -0.4 is 0 Å². The highest BCUT2D eigenvalue weighted by Gasteiger charge is 2.15. The standard InChI is InChI=1S/C14H23N3S/c1-12-13(18-11-16-12)9-17(4)8-6-5-7-14(2,3)10-15/h11H,5-9H2,1-4H3. The highest BCUT2D eigenvalue weighted by molar-refractivity contribution is 7.09. The zero-order valence-corrected chi connectivity index (χ0v) is 12.7. The topological polar surface area (TPSA) is 39.9 Å². The number of aromatic nitrogens is 1. The minimum absolute atomic E-state index is 0.174. The van der Waals surface area contributed by atoms with Crippen LogP contribution in [0.4, 0.5) is 0 Å². The molecule has 0 atom stereocenters. The molecule has 18 heavy (non-hydrogen) atoms. The van der Waals surface area contributed by atoms with Gasteiger partial charge in [-0.1, -0.05) is 6.42 Å². The van der Waals surface area contributed by atoms with Gasteiger partial charge in [0.05, 0.1) is 22.7 Å². The van der Waals surface area contributed by atoms with Gasteiger partial charge in [0.2, 0.25) is 0 Å². The Morgan fingerprint density at radius 1 is 1.44 bits per heavy atom. The molecule has 4 heteroatoms. The second-order valence-electron chi connectivity index (χ2n) is 5.55. The predicted octanol–water partition coefficient (Wildman–Crippen LogP) is 3.60. The van der Waals surface area contributed by atoms with Gasteiger partial charge in [0.25, 0.3) is 0 Å². The molecule has 1 aromatic rings. The van der Waals surface area contributed by atoms with Crippen molar-refractivity contribution in [1.29, 1.82) is 5.26 Å². The molecular formula is C14H23N3S. The molecular weight excluding hydrogens is 242 g/mol. The maximum atomic E-state index is 8.94. The van der Waals surface area contributed by atoms with Crippen molar-refractivity contribution in [3.05, 3.63) is 16.1 Å². The first-order valence-corrected chi connectivity index (χ1v) is 7.31.